The molecule has 1 rings (SSSR count). The molecule has 17 heavy (non-hydrogen) atoms. The number of nitrogens with zero attached hydrogens (tertiary/aromatic N) is 2. The largest absolute Gasteiger partial charge is 0.179 e. The number of azo groups is 1. The van der Waals surface area contributed by atoms with Crippen molar-refractivity contribution in [3.05, 3.63) is 0 Å². The van der Waals surface area contributed by atoms with Crippen LogP contribution in [0, 0.1) is 0 Å². The maximum absolute atomic E-state index is 4.40. The Morgan fingerprint density at radius 3 is 1.59 bits per heavy atom. The maximum Gasteiger partial charge on any atom is 0.118 e. The summed E-state index contributed by atoms with van der Waals surface area (Å²) in [7, 11) is 0. The Hall–Kier alpha value is -0.0500. The fourth-order valence-electron chi connectivity index (χ4n) is 2.13. The Bertz CT molecular complexity index is 186. The molecule has 0 saturated carbocycles. The zero-order valence-corrected chi connectivity index (χ0v) is 12.3. The van der Waals surface area contributed by atoms with Gasteiger partial charge in [0.15, 0.2) is 0 Å². The highest BCUT2D eigenvalue weighted by Crippen LogP contribution is 2.34. The molecule has 0 aromatic rings. The van der Waals surface area contributed by atoms with E-state index in [0.717, 1.165) is 0 Å². The zero-order chi connectivity index (χ0) is 12.3. The first-order valence-corrected chi connectivity index (χ1v) is 8.36. The van der Waals surface area contributed by atoms with Crippen LogP contribution < -0.4 is 0 Å². The van der Waals surface area contributed by atoms with Gasteiger partial charge in [0.2, 0.25) is 0 Å². The van der Waals surface area contributed by atoms with Crippen molar-refractivity contribution >= 4 is 11.8 Å². The van der Waals surface area contributed by atoms with Crippen molar-refractivity contribution in [3.8, 4) is 0 Å². The van der Waals surface area contributed by atoms with Gasteiger partial charge in [0.25, 0.3) is 0 Å². The summed E-state index contributed by atoms with van der Waals surface area (Å²) in [6.45, 7) is 4.52. The smallest absolute Gasteiger partial charge is 0.118 e. The third kappa shape index (κ3) is 7.07. The summed E-state index contributed by atoms with van der Waals surface area (Å²) in [5.74, 6) is 0. The second-order valence-electron chi connectivity index (χ2n) is 4.97. The number of rotatable bonds is 10. The van der Waals surface area contributed by atoms with E-state index < -0.39 is 0 Å². The van der Waals surface area contributed by atoms with Crippen molar-refractivity contribution in [1.29, 1.82) is 0 Å². The van der Waals surface area contributed by atoms with Crippen LogP contribution in [0.3, 0.4) is 0 Å². The van der Waals surface area contributed by atoms with Crippen molar-refractivity contribution in [2.75, 3.05) is 0 Å². The van der Waals surface area contributed by atoms with Crippen LogP contribution in [0.2, 0.25) is 0 Å². The molecule has 2 atom stereocenters. The SMILES string of the molecule is CCCCCC[C@@H]1N=N[C@@H](CCCCCC)S1. The van der Waals surface area contributed by atoms with Crippen LogP contribution in [0.15, 0.2) is 10.2 Å². The Morgan fingerprint density at radius 1 is 0.706 bits per heavy atom. The standard InChI is InChI=1S/C14H28N2S/c1-3-5-7-9-11-13-15-16-14(17-13)12-10-8-6-4-2/h13-14H,3-12H2,1-2H3/t13-,14-/m1/s1. The summed E-state index contributed by atoms with van der Waals surface area (Å²) in [4.78, 5) is 0. The molecule has 2 nitrogen and oxygen atoms in total. The van der Waals surface area contributed by atoms with Crippen LogP contribution in [-0.2, 0) is 0 Å². The first kappa shape index (κ1) is 15.0. The minimum Gasteiger partial charge on any atom is -0.179 e. The molecule has 0 aliphatic carbocycles. The van der Waals surface area contributed by atoms with Crippen molar-refractivity contribution in [2.24, 2.45) is 10.2 Å². The lowest BCUT2D eigenvalue weighted by molar-refractivity contribution is 0.609. The van der Waals surface area contributed by atoms with Gasteiger partial charge in [-0.25, -0.2) is 0 Å². The minimum absolute atomic E-state index is 0.475. The van der Waals surface area contributed by atoms with Gasteiger partial charge in [-0.3, -0.25) is 0 Å². The zero-order valence-electron chi connectivity index (χ0n) is 11.5. The number of unbranched alkanes of at least 4 members (excludes halogenated alkanes) is 6. The molecule has 0 unspecified atom stereocenters. The average molecular weight is 256 g/mol. The van der Waals surface area contributed by atoms with E-state index in [1.54, 1.807) is 0 Å². The Kier molecular flexibility index (Phi) is 8.76. The summed E-state index contributed by atoms with van der Waals surface area (Å²) >= 11 is 1.99. The summed E-state index contributed by atoms with van der Waals surface area (Å²) in [5.41, 5.74) is 0. The van der Waals surface area contributed by atoms with E-state index in [1.807, 2.05) is 11.8 Å². The van der Waals surface area contributed by atoms with E-state index in [9.17, 15) is 0 Å². The fraction of sp³-hybridized carbons (Fsp3) is 1.00. The Morgan fingerprint density at radius 2 is 1.18 bits per heavy atom. The number of hydrogen-bond acceptors (Lipinski definition) is 3. The molecule has 1 aliphatic rings. The second kappa shape index (κ2) is 9.93. The van der Waals surface area contributed by atoms with E-state index in [-0.39, 0.29) is 0 Å². The molecule has 0 aromatic carbocycles. The third-order valence-corrected chi connectivity index (χ3v) is 4.54. The van der Waals surface area contributed by atoms with Gasteiger partial charge in [0.05, 0.1) is 0 Å². The summed E-state index contributed by atoms with van der Waals surface area (Å²) < 4.78 is 0. The van der Waals surface area contributed by atoms with E-state index in [1.165, 1.54) is 64.2 Å². The predicted octanol–water partition coefficient (Wildman–Crippen LogP) is 5.78. The summed E-state index contributed by atoms with van der Waals surface area (Å²) in [6.07, 6.45) is 13.2. The van der Waals surface area contributed by atoms with Crippen LogP contribution in [0.4, 0.5) is 0 Å². The van der Waals surface area contributed by atoms with Gasteiger partial charge in [0.1, 0.15) is 10.7 Å². The molecular formula is C14H28N2S. The lowest BCUT2D eigenvalue weighted by Gasteiger charge is -2.07. The molecule has 0 N–H and O–H groups in total. The lowest BCUT2D eigenvalue weighted by Crippen LogP contribution is -1.99. The molecular weight excluding hydrogens is 228 g/mol. The van der Waals surface area contributed by atoms with Crippen LogP contribution in [0.1, 0.15) is 78.1 Å². The van der Waals surface area contributed by atoms with Crippen LogP contribution in [-0.4, -0.2) is 10.7 Å². The Labute approximate surface area is 111 Å². The maximum atomic E-state index is 4.40. The molecule has 0 radical (unpaired) electrons. The van der Waals surface area contributed by atoms with Gasteiger partial charge in [0, 0.05) is 0 Å². The molecule has 0 aromatic heterocycles. The predicted molar refractivity (Wildman–Crippen MR) is 77.5 cm³/mol. The normalized spacial score (nSPS) is 23.4. The van der Waals surface area contributed by atoms with Gasteiger partial charge in [-0.1, -0.05) is 65.2 Å². The molecule has 1 aliphatic heterocycles. The quantitative estimate of drug-likeness (QED) is 0.455. The van der Waals surface area contributed by atoms with Gasteiger partial charge < -0.3 is 0 Å². The summed E-state index contributed by atoms with van der Waals surface area (Å²) in [6, 6.07) is 0. The Balaban J connectivity index is 1.97. The molecule has 100 valence electrons. The van der Waals surface area contributed by atoms with E-state index >= 15 is 0 Å². The number of hydrogen-bond donors (Lipinski definition) is 0. The topological polar surface area (TPSA) is 24.7 Å². The molecule has 0 spiro atoms. The van der Waals surface area contributed by atoms with E-state index in [0.29, 0.717) is 10.7 Å². The molecule has 3 heteroatoms. The van der Waals surface area contributed by atoms with Crippen LogP contribution in [0.25, 0.3) is 0 Å². The first-order valence-electron chi connectivity index (χ1n) is 7.42. The highest BCUT2D eigenvalue weighted by Gasteiger charge is 2.21. The van der Waals surface area contributed by atoms with Crippen molar-refractivity contribution in [2.45, 2.75) is 88.8 Å². The minimum atomic E-state index is 0.475. The fourth-order valence-corrected chi connectivity index (χ4v) is 3.31. The highest BCUT2D eigenvalue weighted by atomic mass is 32.2. The van der Waals surface area contributed by atoms with Crippen LogP contribution >= 0.6 is 11.8 Å². The van der Waals surface area contributed by atoms with Gasteiger partial charge in [-0.2, -0.15) is 10.2 Å². The lowest BCUT2D eigenvalue weighted by atomic mass is 10.1. The molecule has 0 fully saturated rings. The third-order valence-electron chi connectivity index (χ3n) is 3.25. The summed E-state index contributed by atoms with van der Waals surface area (Å²) in [5, 5.41) is 9.75. The molecule has 0 amide bonds. The van der Waals surface area contributed by atoms with Gasteiger partial charge in [-0.05, 0) is 12.8 Å². The average Bonchev–Trinajstić information content (AvgIpc) is 2.78. The monoisotopic (exact) mass is 256 g/mol. The second-order valence-corrected chi connectivity index (χ2v) is 6.34. The first-order chi connectivity index (χ1) is 8.36. The van der Waals surface area contributed by atoms with Crippen LogP contribution in [0.5, 0.6) is 0 Å². The molecule has 0 saturated heterocycles. The van der Waals surface area contributed by atoms with Crippen molar-refractivity contribution < 1.29 is 0 Å². The van der Waals surface area contributed by atoms with Gasteiger partial charge in [-0.15, -0.1) is 11.8 Å². The van der Waals surface area contributed by atoms with Crippen molar-refractivity contribution in [3.63, 3.8) is 0 Å². The molecule has 1 heterocycles. The number of thioether (sulfide) groups is 1. The highest BCUT2D eigenvalue weighted by molar-refractivity contribution is 8.00. The van der Waals surface area contributed by atoms with Crippen molar-refractivity contribution in [1.82, 2.24) is 0 Å². The molecule has 0 bridgehead atoms. The van der Waals surface area contributed by atoms with E-state index in [2.05, 4.69) is 24.1 Å². The van der Waals surface area contributed by atoms with E-state index in [4.69, 9.17) is 0 Å². The van der Waals surface area contributed by atoms with Gasteiger partial charge >= 0.3 is 0 Å².